The molecule has 2 heterocycles. The highest BCUT2D eigenvalue weighted by Gasteiger charge is 2.29. The second-order valence-electron chi connectivity index (χ2n) is 11.6. The maximum Gasteiger partial charge on any atom is 0.241 e. The Morgan fingerprint density at radius 3 is 1.32 bits per heavy atom. The van der Waals surface area contributed by atoms with Gasteiger partial charge in [-0.25, -0.2) is 0 Å². The van der Waals surface area contributed by atoms with Gasteiger partial charge in [0.25, 0.3) is 0 Å². The molecule has 0 unspecified atom stereocenters. The van der Waals surface area contributed by atoms with Crippen molar-refractivity contribution in [2.24, 2.45) is 0 Å². The lowest BCUT2D eigenvalue weighted by atomic mass is 10.0. The molecule has 40 heavy (non-hydrogen) atoms. The van der Waals surface area contributed by atoms with Crippen LogP contribution >= 0.6 is 0 Å². The van der Waals surface area contributed by atoms with Crippen molar-refractivity contribution < 1.29 is 9.59 Å². The van der Waals surface area contributed by atoms with E-state index in [1.807, 2.05) is 64.1 Å². The Kier molecular flexibility index (Phi) is 12.7. The number of amides is 2. The van der Waals surface area contributed by atoms with Gasteiger partial charge in [-0.15, -0.1) is 0 Å². The van der Waals surface area contributed by atoms with E-state index >= 15 is 0 Å². The number of hydrogen-bond donors (Lipinski definition) is 2. The average molecular weight is 549 g/mol. The van der Waals surface area contributed by atoms with Gasteiger partial charge in [0, 0.05) is 11.4 Å². The minimum Gasteiger partial charge on any atom is -0.324 e. The number of piperidine rings is 2. The molecule has 220 valence electrons. The molecule has 6 nitrogen and oxygen atoms in total. The zero-order chi connectivity index (χ0) is 29.1. The lowest BCUT2D eigenvalue weighted by Crippen LogP contribution is -2.47. The summed E-state index contributed by atoms with van der Waals surface area (Å²) in [5, 5.41) is 6.31. The van der Waals surface area contributed by atoms with Gasteiger partial charge in [0.05, 0.1) is 12.1 Å². The molecule has 4 rings (SSSR count). The van der Waals surface area contributed by atoms with Gasteiger partial charge < -0.3 is 10.6 Å². The van der Waals surface area contributed by atoms with Gasteiger partial charge in [-0.05, 0) is 115 Å². The monoisotopic (exact) mass is 548 g/mol. The molecule has 2 saturated heterocycles. The SMILES string of the molecule is CCCN1CCCC[C@H]1C(=O)Nc1c(C)cccc1C.CCCN1CCCC[C@H]1C(=O)Nc1c(C)cccc1C. The first kappa shape index (κ1) is 31.8. The summed E-state index contributed by atoms with van der Waals surface area (Å²) < 4.78 is 0. The maximum absolute atomic E-state index is 12.6. The molecule has 0 aromatic heterocycles. The summed E-state index contributed by atoms with van der Waals surface area (Å²) in [6.45, 7) is 16.7. The number of likely N-dealkylation sites (tertiary alicyclic amines) is 2. The predicted molar refractivity (Wildman–Crippen MR) is 168 cm³/mol. The first-order valence-electron chi connectivity index (χ1n) is 15.5. The largest absolute Gasteiger partial charge is 0.324 e. The first-order chi connectivity index (χ1) is 19.3. The van der Waals surface area contributed by atoms with Gasteiger partial charge in [-0.1, -0.05) is 63.1 Å². The van der Waals surface area contributed by atoms with Gasteiger partial charge in [0.15, 0.2) is 0 Å². The normalized spacial score (nSPS) is 19.9. The maximum atomic E-state index is 12.6. The third kappa shape index (κ3) is 8.65. The van der Waals surface area contributed by atoms with Gasteiger partial charge in [0.1, 0.15) is 0 Å². The van der Waals surface area contributed by atoms with E-state index in [1.54, 1.807) is 0 Å². The number of para-hydroxylation sites is 2. The molecule has 0 aliphatic carbocycles. The minimum atomic E-state index is 0.0442. The van der Waals surface area contributed by atoms with Crippen molar-refractivity contribution in [3.05, 3.63) is 58.7 Å². The molecule has 0 saturated carbocycles. The summed E-state index contributed by atoms with van der Waals surface area (Å²) in [5.41, 5.74) is 6.51. The van der Waals surface area contributed by atoms with Crippen LogP contribution in [0.25, 0.3) is 0 Å². The van der Waals surface area contributed by atoms with Crippen molar-refractivity contribution in [2.75, 3.05) is 36.8 Å². The van der Waals surface area contributed by atoms with Crippen LogP contribution < -0.4 is 10.6 Å². The van der Waals surface area contributed by atoms with E-state index in [-0.39, 0.29) is 23.9 Å². The second kappa shape index (κ2) is 15.9. The van der Waals surface area contributed by atoms with Crippen LogP contribution in [0.5, 0.6) is 0 Å². The van der Waals surface area contributed by atoms with E-state index in [0.717, 1.165) is 98.3 Å². The standard InChI is InChI=1S/2C17H26N2O/c2*1-4-11-19-12-6-5-10-15(19)17(20)18-16-13(2)8-7-9-14(16)3/h2*7-9,15H,4-6,10-12H2,1-3H3,(H,18,20)/t2*15-/m00/s1. The third-order valence-corrected chi connectivity index (χ3v) is 8.31. The van der Waals surface area contributed by atoms with Gasteiger partial charge in [-0.2, -0.15) is 0 Å². The molecule has 0 radical (unpaired) electrons. The van der Waals surface area contributed by atoms with Crippen LogP contribution in [0.2, 0.25) is 0 Å². The van der Waals surface area contributed by atoms with Gasteiger partial charge in [-0.3, -0.25) is 19.4 Å². The number of hydrogen-bond acceptors (Lipinski definition) is 4. The average Bonchev–Trinajstić information content (AvgIpc) is 2.94. The Labute approximate surface area is 242 Å². The fraction of sp³-hybridized carbons (Fsp3) is 0.588. The van der Waals surface area contributed by atoms with Crippen LogP contribution in [0.1, 0.15) is 87.5 Å². The number of carbonyl (C=O) groups is 2. The van der Waals surface area contributed by atoms with Crippen LogP contribution in [0.4, 0.5) is 11.4 Å². The summed E-state index contributed by atoms with van der Waals surface area (Å²) >= 11 is 0. The summed E-state index contributed by atoms with van der Waals surface area (Å²) in [5.74, 6) is 0.325. The fourth-order valence-corrected chi connectivity index (χ4v) is 6.12. The lowest BCUT2D eigenvalue weighted by Gasteiger charge is -2.34. The molecule has 2 aromatic rings. The van der Waals surface area contributed by atoms with Crippen molar-refractivity contribution in [3.8, 4) is 0 Å². The van der Waals surface area contributed by atoms with Crippen molar-refractivity contribution >= 4 is 23.2 Å². The molecule has 6 heteroatoms. The Bertz CT molecular complexity index is 983. The summed E-state index contributed by atoms with van der Waals surface area (Å²) in [6, 6.07) is 12.3. The summed E-state index contributed by atoms with van der Waals surface area (Å²) in [4.78, 5) is 29.9. The molecular weight excluding hydrogens is 496 g/mol. The minimum absolute atomic E-state index is 0.0442. The van der Waals surface area contributed by atoms with Crippen molar-refractivity contribution in [3.63, 3.8) is 0 Å². The quantitative estimate of drug-likeness (QED) is 0.372. The predicted octanol–water partition coefficient (Wildman–Crippen LogP) is 7.01. The van der Waals surface area contributed by atoms with Crippen LogP contribution in [0, 0.1) is 27.7 Å². The van der Waals surface area contributed by atoms with E-state index in [2.05, 4.69) is 34.3 Å². The van der Waals surface area contributed by atoms with Crippen molar-refractivity contribution in [1.82, 2.24) is 9.80 Å². The molecule has 2 amide bonds. The van der Waals surface area contributed by atoms with Crippen LogP contribution in [0.3, 0.4) is 0 Å². The molecule has 2 aromatic carbocycles. The van der Waals surface area contributed by atoms with Gasteiger partial charge in [0.2, 0.25) is 11.8 Å². The van der Waals surface area contributed by atoms with E-state index in [4.69, 9.17) is 0 Å². The van der Waals surface area contributed by atoms with E-state index < -0.39 is 0 Å². The first-order valence-corrected chi connectivity index (χ1v) is 15.5. The molecule has 2 aliphatic rings. The number of rotatable bonds is 8. The zero-order valence-corrected chi connectivity index (χ0v) is 25.8. The highest BCUT2D eigenvalue weighted by Crippen LogP contribution is 2.24. The van der Waals surface area contributed by atoms with E-state index in [0.29, 0.717) is 0 Å². The fourth-order valence-electron chi connectivity index (χ4n) is 6.12. The van der Waals surface area contributed by atoms with Crippen LogP contribution in [-0.2, 0) is 9.59 Å². The molecular formula is C34H52N4O2. The lowest BCUT2D eigenvalue weighted by molar-refractivity contribution is -0.123. The molecule has 0 spiro atoms. The Balaban J connectivity index is 0.000000220. The number of benzene rings is 2. The smallest absolute Gasteiger partial charge is 0.241 e. The number of aryl methyl sites for hydroxylation is 4. The number of nitrogens with zero attached hydrogens (tertiary/aromatic N) is 2. The van der Waals surface area contributed by atoms with Crippen LogP contribution in [0.15, 0.2) is 36.4 Å². The van der Waals surface area contributed by atoms with Gasteiger partial charge >= 0.3 is 0 Å². The molecule has 2 fully saturated rings. The Morgan fingerprint density at radius 1 is 0.650 bits per heavy atom. The highest BCUT2D eigenvalue weighted by molar-refractivity contribution is 5.96. The molecule has 2 N–H and O–H groups in total. The van der Waals surface area contributed by atoms with Crippen molar-refractivity contribution in [2.45, 2.75) is 105 Å². The van der Waals surface area contributed by atoms with Crippen LogP contribution in [-0.4, -0.2) is 59.9 Å². The Hall–Kier alpha value is -2.70. The third-order valence-electron chi connectivity index (χ3n) is 8.31. The molecule has 0 bridgehead atoms. The Morgan fingerprint density at radius 2 is 1.00 bits per heavy atom. The van der Waals surface area contributed by atoms with E-state index in [9.17, 15) is 9.59 Å². The topological polar surface area (TPSA) is 64.7 Å². The number of carbonyl (C=O) groups excluding carboxylic acids is 2. The number of nitrogens with one attached hydrogen (secondary N) is 2. The number of anilines is 2. The summed E-state index contributed by atoms with van der Waals surface area (Å²) in [6.07, 6.45) is 8.92. The van der Waals surface area contributed by atoms with E-state index in [1.165, 1.54) is 12.8 Å². The zero-order valence-electron chi connectivity index (χ0n) is 25.8. The molecule has 2 atom stereocenters. The van der Waals surface area contributed by atoms with Crippen molar-refractivity contribution in [1.29, 1.82) is 0 Å². The highest BCUT2D eigenvalue weighted by atomic mass is 16.2. The second-order valence-corrected chi connectivity index (χ2v) is 11.6. The molecule has 2 aliphatic heterocycles. The summed E-state index contributed by atoms with van der Waals surface area (Å²) in [7, 11) is 0.